The lowest BCUT2D eigenvalue weighted by molar-refractivity contribution is -0.380. The van der Waals surface area contributed by atoms with Crippen LogP contribution in [0, 0.1) is 10.1 Å². The van der Waals surface area contributed by atoms with Gasteiger partial charge in [0.2, 0.25) is 0 Å². The molecule has 0 bridgehead atoms. The highest BCUT2D eigenvalue weighted by Gasteiger charge is 2.18. The molecule has 0 fully saturated rings. The Bertz CT molecular complexity index is 795. The third-order valence-electron chi connectivity index (χ3n) is 2.68. The van der Waals surface area contributed by atoms with Gasteiger partial charge in [-0.1, -0.05) is 23.5 Å². The molecule has 11 heteroatoms. The monoisotopic (exact) mass is 372 g/mol. The highest BCUT2D eigenvalue weighted by Crippen LogP contribution is 2.26. The van der Waals surface area contributed by atoms with Gasteiger partial charge in [-0.25, -0.2) is 4.79 Å². The molecular weight excluding hydrogens is 362 g/mol. The second-order valence-electron chi connectivity index (χ2n) is 4.39. The summed E-state index contributed by atoms with van der Waals surface area (Å²) in [6, 6.07) is 7.84. The van der Waals surface area contributed by atoms with Crippen molar-refractivity contribution in [2.24, 2.45) is 0 Å². The quantitative estimate of drug-likeness (QED) is 0.455. The van der Waals surface area contributed by atoms with Crippen LogP contribution in [-0.4, -0.2) is 30.0 Å². The summed E-state index contributed by atoms with van der Waals surface area (Å²) < 4.78 is 33.5. The lowest BCUT2D eigenvalue weighted by Gasteiger charge is -2.11. The summed E-state index contributed by atoms with van der Waals surface area (Å²) in [5.41, 5.74) is -0.0180. The van der Waals surface area contributed by atoms with Gasteiger partial charge in [-0.3, -0.25) is 14.9 Å². The van der Waals surface area contributed by atoms with Crippen LogP contribution in [-0.2, 0) is 9.53 Å². The Labute approximate surface area is 143 Å². The maximum Gasteiger partial charge on any atom is 0.387 e. The van der Waals surface area contributed by atoms with Crippen LogP contribution >= 0.6 is 11.3 Å². The second-order valence-corrected chi connectivity index (χ2v) is 5.46. The van der Waals surface area contributed by atoms with Crippen LogP contribution < -0.4 is 10.1 Å². The molecular formula is C14H10F2N2O6S. The predicted octanol–water partition coefficient (Wildman–Crippen LogP) is 3.05. The highest BCUT2D eigenvalue weighted by atomic mass is 32.1. The normalized spacial score (nSPS) is 10.4. The van der Waals surface area contributed by atoms with Crippen molar-refractivity contribution in [2.45, 2.75) is 6.61 Å². The number of nitrogens with one attached hydrogen (secondary N) is 1. The molecule has 1 heterocycles. The molecule has 0 atom stereocenters. The number of hydrogen-bond acceptors (Lipinski definition) is 7. The lowest BCUT2D eigenvalue weighted by Crippen LogP contribution is -2.21. The summed E-state index contributed by atoms with van der Waals surface area (Å²) in [5, 5.41) is 12.6. The third kappa shape index (κ3) is 5.21. The molecule has 1 aromatic carbocycles. The molecule has 2 rings (SSSR count). The van der Waals surface area contributed by atoms with Crippen molar-refractivity contribution in [3.63, 3.8) is 0 Å². The Morgan fingerprint density at radius 1 is 1.24 bits per heavy atom. The summed E-state index contributed by atoms with van der Waals surface area (Å²) in [6.07, 6.45) is 0. The minimum Gasteiger partial charge on any atom is -0.451 e. The number of halogens is 2. The Morgan fingerprint density at radius 3 is 2.60 bits per heavy atom. The fraction of sp³-hybridized carbons (Fsp3) is 0.143. The van der Waals surface area contributed by atoms with E-state index >= 15 is 0 Å². The number of carbonyl (C=O) groups excluding carboxylic acids is 2. The molecule has 132 valence electrons. The molecule has 0 aliphatic rings. The van der Waals surface area contributed by atoms with E-state index in [4.69, 9.17) is 4.74 Å². The third-order valence-corrected chi connectivity index (χ3v) is 3.70. The Hall–Kier alpha value is -3.08. The first-order valence-corrected chi connectivity index (χ1v) is 7.43. The van der Waals surface area contributed by atoms with E-state index in [9.17, 15) is 28.5 Å². The zero-order chi connectivity index (χ0) is 18.4. The van der Waals surface area contributed by atoms with Crippen LogP contribution in [0.3, 0.4) is 0 Å². The number of esters is 1. The second kappa shape index (κ2) is 8.15. The first-order chi connectivity index (χ1) is 11.9. The van der Waals surface area contributed by atoms with Gasteiger partial charge in [0, 0.05) is 6.07 Å². The largest absolute Gasteiger partial charge is 0.451 e. The van der Waals surface area contributed by atoms with Crippen LogP contribution in [0.4, 0.5) is 19.5 Å². The number of rotatable bonds is 7. The van der Waals surface area contributed by atoms with E-state index in [0.29, 0.717) is 11.3 Å². The number of para-hydroxylation sites is 2. The lowest BCUT2D eigenvalue weighted by atomic mass is 10.3. The van der Waals surface area contributed by atoms with E-state index in [1.165, 1.54) is 30.3 Å². The van der Waals surface area contributed by atoms with E-state index < -0.39 is 30.0 Å². The first-order valence-electron chi connectivity index (χ1n) is 6.62. The van der Waals surface area contributed by atoms with Crippen molar-refractivity contribution in [2.75, 3.05) is 11.9 Å². The number of alkyl halides is 2. The fourth-order valence-electron chi connectivity index (χ4n) is 1.69. The summed E-state index contributed by atoms with van der Waals surface area (Å²) in [7, 11) is 0. The first kappa shape index (κ1) is 18.3. The number of ether oxygens (including phenoxy) is 2. The number of thiophene rings is 1. The van der Waals surface area contributed by atoms with Crippen LogP contribution in [0.15, 0.2) is 36.4 Å². The van der Waals surface area contributed by atoms with E-state index in [-0.39, 0.29) is 21.3 Å². The molecule has 1 aromatic heterocycles. The maximum atomic E-state index is 12.3. The summed E-state index contributed by atoms with van der Waals surface area (Å²) in [6.45, 7) is -3.77. The van der Waals surface area contributed by atoms with Gasteiger partial charge in [-0.15, -0.1) is 0 Å². The molecule has 2 aromatic rings. The number of benzene rings is 1. The fourth-order valence-corrected chi connectivity index (χ4v) is 2.41. The van der Waals surface area contributed by atoms with Gasteiger partial charge in [-0.05, 0) is 18.2 Å². The van der Waals surface area contributed by atoms with Gasteiger partial charge >= 0.3 is 17.6 Å². The number of amides is 1. The van der Waals surface area contributed by atoms with Crippen molar-refractivity contribution >= 4 is 33.9 Å². The van der Waals surface area contributed by atoms with Gasteiger partial charge < -0.3 is 14.8 Å². The van der Waals surface area contributed by atoms with E-state index in [1.807, 2.05) is 0 Å². The number of hydrogen-bond donors (Lipinski definition) is 1. The van der Waals surface area contributed by atoms with Crippen LogP contribution in [0.2, 0.25) is 0 Å². The Balaban J connectivity index is 1.92. The molecule has 1 N–H and O–H groups in total. The summed E-state index contributed by atoms with van der Waals surface area (Å²) >= 11 is 0.605. The molecule has 0 aliphatic heterocycles. The van der Waals surface area contributed by atoms with Gasteiger partial charge in [0.25, 0.3) is 5.91 Å². The molecule has 0 unspecified atom stereocenters. The van der Waals surface area contributed by atoms with Crippen LogP contribution in [0.5, 0.6) is 5.75 Å². The SMILES string of the molecule is O=C(COC(=O)c1ccc([N+](=O)[O-])s1)Nc1ccccc1OC(F)F. The van der Waals surface area contributed by atoms with Gasteiger partial charge in [0.15, 0.2) is 6.61 Å². The number of nitro groups is 1. The molecule has 8 nitrogen and oxygen atoms in total. The van der Waals surface area contributed by atoms with E-state index in [2.05, 4.69) is 10.1 Å². The molecule has 0 spiro atoms. The van der Waals surface area contributed by atoms with Gasteiger partial charge in [-0.2, -0.15) is 8.78 Å². The zero-order valence-electron chi connectivity index (χ0n) is 12.3. The van der Waals surface area contributed by atoms with Crippen molar-refractivity contribution < 1.29 is 32.8 Å². The molecule has 0 radical (unpaired) electrons. The van der Waals surface area contributed by atoms with E-state index in [0.717, 1.165) is 6.07 Å². The predicted molar refractivity (Wildman–Crippen MR) is 83.0 cm³/mol. The van der Waals surface area contributed by atoms with Crippen molar-refractivity contribution in [1.29, 1.82) is 0 Å². The van der Waals surface area contributed by atoms with Crippen molar-refractivity contribution in [1.82, 2.24) is 0 Å². The molecule has 1 amide bonds. The Kier molecular flexibility index (Phi) is 5.95. The zero-order valence-corrected chi connectivity index (χ0v) is 13.1. The maximum absolute atomic E-state index is 12.3. The smallest absolute Gasteiger partial charge is 0.387 e. The topological polar surface area (TPSA) is 108 Å². The number of anilines is 1. The standard InChI is InChI=1S/C14H10F2N2O6S/c15-14(16)24-9-4-2-1-3-8(9)17-11(19)7-23-13(20)10-5-6-12(25-10)18(21)22/h1-6,14H,7H2,(H,17,19). The van der Waals surface area contributed by atoms with Crippen molar-refractivity contribution in [3.05, 3.63) is 51.4 Å². The van der Waals surface area contributed by atoms with Crippen molar-refractivity contribution in [3.8, 4) is 5.75 Å². The van der Waals surface area contributed by atoms with Crippen LogP contribution in [0.25, 0.3) is 0 Å². The Morgan fingerprint density at radius 2 is 1.96 bits per heavy atom. The van der Waals surface area contributed by atoms with Gasteiger partial charge in [0.05, 0.1) is 10.6 Å². The minimum atomic E-state index is -3.06. The molecule has 25 heavy (non-hydrogen) atoms. The average molecular weight is 372 g/mol. The molecule has 0 saturated heterocycles. The van der Waals surface area contributed by atoms with Crippen LogP contribution in [0.1, 0.15) is 9.67 Å². The number of carbonyl (C=O) groups is 2. The highest BCUT2D eigenvalue weighted by molar-refractivity contribution is 7.17. The molecule has 0 aliphatic carbocycles. The van der Waals surface area contributed by atoms with Gasteiger partial charge in [0.1, 0.15) is 10.6 Å². The summed E-state index contributed by atoms with van der Waals surface area (Å²) in [5.74, 6) is -1.94. The summed E-state index contributed by atoms with van der Waals surface area (Å²) in [4.78, 5) is 33.3. The number of nitrogens with zero attached hydrogens (tertiary/aromatic N) is 1. The molecule has 0 saturated carbocycles. The average Bonchev–Trinajstić information content (AvgIpc) is 3.04. The van der Waals surface area contributed by atoms with E-state index in [1.54, 1.807) is 0 Å². The minimum absolute atomic E-state index is 0.0180.